The van der Waals surface area contributed by atoms with Gasteiger partial charge in [0.05, 0.1) is 5.92 Å². The molecule has 2 aromatic carbocycles. The van der Waals surface area contributed by atoms with E-state index in [1.165, 1.54) is 69.6 Å². The van der Waals surface area contributed by atoms with Crippen LogP contribution in [0.4, 0.5) is 22.0 Å². The summed E-state index contributed by atoms with van der Waals surface area (Å²) < 4.78 is 76.5. The molecular weight excluding hydrogens is 495 g/mol. The Balaban J connectivity index is 1.12. The van der Waals surface area contributed by atoms with Crippen molar-refractivity contribution in [1.82, 2.24) is 0 Å². The summed E-state index contributed by atoms with van der Waals surface area (Å²) in [7, 11) is 0. The van der Waals surface area contributed by atoms with Gasteiger partial charge in [0, 0.05) is 11.6 Å². The summed E-state index contributed by atoms with van der Waals surface area (Å²) >= 11 is 0. The quantitative estimate of drug-likeness (QED) is 0.335. The molecule has 0 aromatic heterocycles. The van der Waals surface area contributed by atoms with Gasteiger partial charge in [-0.25, -0.2) is 13.2 Å². The first-order chi connectivity index (χ1) is 18.2. The van der Waals surface area contributed by atoms with Crippen LogP contribution in [-0.4, -0.2) is 6.11 Å². The smallest absolute Gasteiger partial charge is 0.400 e. The molecule has 0 amide bonds. The maximum Gasteiger partial charge on any atom is 0.400 e. The summed E-state index contributed by atoms with van der Waals surface area (Å²) in [6.07, 6.45) is 9.60. The van der Waals surface area contributed by atoms with Gasteiger partial charge in [0.25, 0.3) is 0 Å². The molecule has 2 aromatic rings. The van der Waals surface area contributed by atoms with Crippen molar-refractivity contribution in [3.8, 4) is 16.9 Å². The standard InChI is InChI=1S/C32H39F5O/c1-20-2-4-21(5-3-20)22-6-8-23(9-7-22)24-10-13-26(14-11-24)32(36,37)38-27-15-16-28(30(34)19-27)25-12-17-29(33)31(35)18-25/h12,15-24,26H,2-11,13-14H2,1H3. The second-order valence-electron chi connectivity index (χ2n) is 12.2. The fourth-order valence-electron chi connectivity index (χ4n) is 7.47. The third kappa shape index (κ3) is 6.20. The van der Waals surface area contributed by atoms with Crippen molar-refractivity contribution in [2.24, 2.45) is 35.5 Å². The Kier molecular flexibility index (Phi) is 8.35. The Morgan fingerprint density at radius 2 is 1.13 bits per heavy atom. The Morgan fingerprint density at radius 3 is 1.66 bits per heavy atom. The molecule has 3 fully saturated rings. The molecule has 0 spiro atoms. The van der Waals surface area contributed by atoms with Gasteiger partial charge in [0.1, 0.15) is 11.6 Å². The molecule has 6 heteroatoms. The lowest BCUT2D eigenvalue weighted by molar-refractivity contribution is -0.224. The number of hydrogen-bond donors (Lipinski definition) is 0. The van der Waals surface area contributed by atoms with Gasteiger partial charge >= 0.3 is 6.11 Å². The van der Waals surface area contributed by atoms with E-state index >= 15 is 8.78 Å². The molecule has 0 heterocycles. The molecule has 0 saturated heterocycles. The minimum atomic E-state index is -3.39. The summed E-state index contributed by atoms with van der Waals surface area (Å²) in [6, 6.07) is 6.43. The minimum absolute atomic E-state index is 0.00663. The van der Waals surface area contributed by atoms with Crippen molar-refractivity contribution < 1.29 is 26.7 Å². The molecule has 38 heavy (non-hydrogen) atoms. The van der Waals surface area contributed by atoms with Crippen LogP contribution in [0.5, 0.6) is 5.75 Å². The fourth-order valence-corrected chi connectivity index (χ4v) is 7.47. The van der Waals surface area contributed by atoms with Crippen LogP contribution in [0, 0.1) is 53.0 Å². The van der Waals surface area contributed by atoms with Gasteiger partial charge in [-0.05, 0) is 124 Å². The molecule has 3 aliphatic rings. The highest BCUT2D eigenvalue weighted by Crippen LogP contribution is 2.48. The summed E-state index contributed by atoms with van der Waals surface area (Å²) in [6.45, 7) is 2.37. The van der Waals surface area contributed by atoms with E-state index in [0.29, 0.717) is 24.7 Å². The second-order valence-corrected chi connectivity index (χ2v) is 12.2. The molecule has 0 atom stereocenters. The predicted molar refractivity (Wildman–Crippen MR) is 139 cm³/mol. The molecule has 3 aliphatic carbocycles. The molecule has 208 valence electrons. The van der Waals surface area contributed by atoms with E-state index in [1.807, 2.05) is 0 Å². The number of alkyl halides is 2. The van der Waals surface area contributed by atoms with Gasteiger partial charge in [0.15, 0.2) is 11.6 Å². The Hall–Kier alpha value is -2.11. The van der Waals surface area contributed by atoms with Gasteiger partial charge in [-0.3, -0.25) is 0 Å². The summed E-state index contributed by atoms with van der Waals surface area (Å²) in [5.74, 6) is -0.316. The maximum absolute atomic E-state index is 15.1. The van der Waals surface area contributed by atoms with E-state index in [4.69, 9.17) is 4.74 Å². The number of ether oxygens (including phenoxy) is 1. The molecular formula is C32H39F5O. The van der Waals surface area contributed by atoms with E-state index in [1.54, 1.807) is 0 Å². The molecule has 1 nitrogen and oxygen atoms in total. The van der Waals surface area contributed by atoms with E-state index in [-0.39, 0.29) is 16.9 Å². The van der Waals surface area contributed by atoms with E-state index in [9.17, 15) is 13.2 Å². The third-order valence-electron chi connectivity index (χ3n) is 9.88. The Morgan fingerprint density at radius 1 is 0.605 bits per heavy atom. The molecule has 0 radical (unpaired) electrons. The number of hydrogen-bond acceptors (Lipinski definition) is 1. The van der Waals surface area contributed by atoms with Crippen LogP contribution in [0.2, 0.25) is 0 Å². The number of halogens is 5. The average molecular weight is 535 g/mol. The molecule has 0 aliphatic heterocycles. The first-order valence-electron chi connectivity index (χ1n) is 14.5. The third-order valence-corrected chi connectivity index (χ3v) is 9.88. The van der Waals surface area contributed by atoms with E-state index in [2.05, 4.69) is 6.92 Å². The van der Waals surface area contributed by atoms with Gasteiger partial charge in [-0.1, -0.05) is 25.8 Å². The zero-order valence-electron chi connectivity index (χ0n) is 22.2. The Bertz CT molecular complexity index is 1080. The molecule has 0 bridgehead atoms. The number of benzene rings is 2. The molecule has 5 rings (SSSR count). The predicted octanol–water partition coefficient (Wildman–Crippen LogP) is 10.2. The fraction of sp³-hybridized carbons (Fsp3) is 0.625. The lowest BCUT2D eigenvalue weighted by atomic mass is 9.65. The van der Waals surface area contributed by atoms with Crippen LogP contribution in [0.1, 0.15) is 84.0 Å². The van der Waals surface area contributed by atoms with Crippen molar-refractivity contribution in [2.45, 2.75) is 90.1 Å². The second kappa shape index (κ2) is 11.6. The van der Waals surface area contributed by atoms with Crippen LogP contribution in [-0.2, 0) is 0 Å². The van der Waals surface area contributed by atoms with Gasteiger partial charge in [-0.2, -0.15) is 8.78 Å². The van der Waals surface area contributed by atoms with Crippen molar-refractivity contribution in [2.75, 3.05) is 0 Å². The monoisotopic (exact) mass is 534 g/mol. The highest BCUT2D eigenvalue weighted by Gasteiger charge is 2.45. The number of rotatable bonds is 6. The van der Waals surface area contributed by atoms with Gasteiger partial charge in [0.2, 0.25) is 0 Å². The zero-order valence-corrected chi connectivity index (χ0v) is 22.2. The first-order valence-corrected chi connectivity index (χ1v) is 14.5. The van der Waals surface area contributed by atoms with Crippen LogP contribution in [0.15, 0.2) is 36.4 Å². The largest absolute Gasteiger partial charge is 0.432 e. The molecule has 0 unspecified atom stereocenters. The molecule has 0 N–H and O–H groups in total. The Labute approximate surface area is 223 Å². The topological polar surface area (TPSA) is 9.23 Å². The van der Waals surface area contributed by atoms with Crippen molar-refractivity contribution >= 4 is 0 Å². The lowest BCUT2D eigenvalue weighted by Gasteiger charge is -2.41. The SMILES string of the molecule is CC1CCC(C2CCC(C3CCC(C(F)(F)Oc4ccc(-c5ccc(F)c(F)c5)c(F)c4)CC3)CC2)CC1. The summed E-state index contributed by atoms with van der Waals surface area (Å²) in [5, 5.41) is 0. The zero-order chi connectivity index (χ0) is 26.9. The van der Waals surface area contributed by atoms with Crippen LogP contribution in [0.25, 0.3) is 11.1 Å². The van der Waals surface area contributed by atoms with Crippen molar-refractivity contribution in [3.63, 3.8) is 0 Å². The van der Waals surface area contributed by atoms with E-state index < -0.39 is 29.5 Å². The van der Waals surface area contributed by atoms with Crippen molar-refractivity contribution in [3.05, 3.63) is 53.8 Å². The van der Waals surface area contributed by atoms with E-state index in [0.717, 1.165) is 48.8 Å². The highest BCUT2D eigenvalue weighted by atomic mass is 19.3. The van der Waals surface area contributed by atoms with Crippen LogP contribution >= 0.6 is 0 Å². The molecule has 3 saturated carbocycles. The summed E-state index contributed by atoms with van der Waals surface area (Å²) in [5.41, 5.74) is 0.119. The van der Waals surface area contributed by atoms with Crippen molar-refractivity contribution in [1.29, 1.82) is 0 Å². The average Bonchev–Trinajstić information content (AvgIpc) is 2.91. The van der Waals surface area contributed by atoms with Crippen LogP contribution in [0.3, 0.4) is 0 Å². The minimum Gasteiger partial charge on any atom is -0.432 e. The highest BCUT2D eigenvalue weighted by molar-refractivity contribution is 5.65. The first kappa shape index (κ1) is 27.5. The summed E-state index contributed by atoms with van der Waals surface area (Å²) in [4.78, 5) is 0. The maximum atomic E-state index is 15.1. The van der Waals surface area contributed by atoms with Gasteiger partial charge < -0.3 is 4.74 Å². The lowest BCUT2D eigenvalue weighted by Crippen LogP contribution is -2.38. The van der Waals surface area contributed by atoms with Gasteiger partial charge in [-0.15, -0.1) is 0 Å². The normalized spacial score (nSPS) is 30.7. The van der Waals surface area contributed by atoms with Crippen LogP contribution < -0.4 is 4.74 Å².